The van der Waals surface area contributed by atoms with Crippen molar-refractivity contribution in [2.45, 2.75) is 45.1 Å². The third-order valence-electron chi connectivity index (χ3n) is 6.97. The average molecular weight is 482 g/mol. The predicted octanol–water partition coefficient (Wildman–Crippen LogP) is 6.35. The maximum atomic E-state index is 12.6. The van der Waals surface area contributed by atoms with Crippen LogP contribution in [0.15, 0.2) is 65.7 Å². The molecule has 2 aromatic rings. The van der Waals surface area contributed by atoms with Crippen LogP contribution in [0, 0.1) is 10.8 Å². The molecule has 0 aromatic heterocycles. The second kappa shape index (κ2) is 9.85. The van der Waals surface area contributed by atoms with E-state index in [4.69, 9.17) is 31.2 Å². The van der Waals surface area contributed by atoms with E-state index in [1.807, 2.05) is 57.2 Å². The Bertz CT molecular complexity index is 1110. The van der Waals surface area contributed by atoms with Crippen LogP contribution in [0.1, 0.15) is 50.7 Å². The molecule has 1 aliphatic carbocycles. The highest BCUT2D eigenvalue weighted by atomic mass is 35.5. The summed E-state index contributed by atoms with van der Waals surface area (Å²) >= 11 is 6.24. The molecule has 3 atom stereocenters. The molecule has 5 nitrogen and oxygen atoms in total. The average Bonchev–Trinajstić information content (AvgIpc) is 3.07. The molecule has 0 bridgehead atoms. The molecule has 0 spiro atoms. The quantitative estimate of drug-likeness (QED) is 0.431. The molecule has 1 unspecified atom stereocenters. The maximum Gasteiger partial charge on any atom is 0.144 e. The van der Waals surface area contributed by atoms with Crippen molar-refractivity contribution < 1.29 is 19.3 Å². The van der Waals surface area contributed by atoms with E-state index in [9.17, 15) is 5.11 Å². The highest BCUT2D eigenvalue weighted by Gasteiger charge is 2.67. The van der Waals surface area contributed by atoms with Gasteiger partial charge in [0.05, 0.1) is 30.8 Å². The number of ether oxygens (including phenoxy) is 3. The number of halogens is 1. The first kappa shape index (κ1) is 24.4. The first-order valence-electron chi connectivity index (χ1n) is 11.8. The van der Waals surface area contributed by atoms with Crippen LogP contribution in [0.4, 0.5) is 0 Å². The van der Waals surface area contributed by atoms with E-state index in [-0.39, 0.29) is 18.2 Å². The Balaban J connectivity index is 1.92. The van der Waals surface area contributed by atoms with Crippen molar-refractivity contribution in [1.29, 1.82) is 5.41 Å². The Kier molecular flexibility index (Phi) is 7.06. The second-order valence-corrected chi connectivity index (χ2v) is 9.18. The smallest absolute Gasteiger partial charge is 0.144 e. The van der Waals surface area contributed by atoms with Crippen molar-refractivity contribution in [3.63, 3.8) is 0 Å². The van der Waals surface area contributed by atoms with Crippen molar-refractivity contribution in [1.82, 2.24) is 0 Å². The van der Waals surface area contributed by atoms with Crippen molar-refractivity contribution in [2.24, 2.45) is 5.41 Å². The van der Waals surface area contributed by atoms with Gasteiger partial charge < -0.3 is 24.7 Å². The maximum absolute atomic E-state index is 12.6. The Morgan fingerprint density at radius 3 is 2.62 bits per heavy atom. The van der Waals surface area contributed by atoms with Gasteiger partial charge >= 0.3 is 0 Å². The number of hydrogen-bond acceptors (Lipinski definition) is 5. The topological polar surface area (TPSA) is 71.8 Å². The molecule has 1 fully saturated rings. The van der Waals surface area contributed by atoms with Crippen molar-refractivity contribution in [2.75, 3.05) is 19.8 Å². The van der Waals surface area contributed by atoms with E-state index in [2.05, 4.69) is 12.1 Å². The van der Waals surface area contributed by atoms with Crippen LogP contribution in [-0.2, 0) is 5.60 Å². The molecule has 1 aliphatic heterocycles. The van der Waals surface area contributed by atoms with E-state index in [0.29, 0.717) is 53.9 Å². The molecule has 34 heavy (non-hydrogen) atoms. The normalized spacial score (nSPS) is 26.2. The van der Waals surface area contributed by atoms with E-state index in [1.165, 1.54) is 0 Å². The molecule has 6 heteroatoms. The monoisotopic (exact) mass is 481 g/mol. The third kappa shape index (κ3) is 3.91. The summed E-state index contributed by atoms with van der Waals surface area (Å²) in [5.41, 5.74) is -0.522. The number of allylic oxidation sites excluding steroid dienone is 4. The lowest BCUT2D eigenvalue weighted by Gasteiger charge is -2.49. The fraction of sp³-hybridized carbons (Fsp3) is 0.393. The molecule has 4 rings (SSSR count). The number of nitrogens with one attached hydrogen (secondary N) is 1. The van der Waals surface area contributed by atoms with Crippen LogP contribution in [0.2, 0.25) is 0 Å². The van der Waals surface area contributed by atoms with Gasteiger partial charge in [0.15, 0.2) is 0 Å². The fourth-order valence-corrected chi connectivity index (χ4v) is 5.51. The van der Waals surface area contributed by atoms with Crippen LogP contribution in [0.25, 0.3) is 0 Å². The number of hydrogen-bond donors (Lipinski definition) is 2. The summed E-state index contributed by atoms with van der Waals surface area (Å²) in [5, 5.41) is 22.3. The molecule has 0 amide bonds. The lowest BCUT2D eigenvalue weighted by atomic mass is 9.61. The molecule has 0 radical (unpaired) electrons. The number of fused-ring (bicyclic) bond motifs is 3. The molecule has 0 saturated heterocycles. The van der Waals surface area contributed by atoms with Gasteiger partial charge in [-0.3, -0.25) is 0 Å². The summed E-state index contributed by atoms with van der Waals surface area (Å²) in [4.78, 5) is 0. The Hall–Kier alpha value is -2.76. The van der Waals surface area contributed by atoms with Gasteiger partial charge in [-0.25, -0.2) is 0 Å². The van der Waals surface area contributed by atoms with Gasteiger partial charge in [0.2, 0.25) is 0 Å². The summed E-state index contributed by atoms with van der Waals surface area (Å²) < 4.78 is 18.1. The van der Waals surface area contributed by atoms with Crippen LogP contribution in [0.3, 0.4) is 0 Å². The number of aliphatic hydroxyl groups is 1. The molecule has 2 N–H and O–H groups in total. The lowest BCUT2D eigenvalue weighted by Crippen LogP contribution is -2.54. The minimum absolute atomic E-state index is 0.116. The minimum Gasteiger partial charge on any atom is -0.494 e. The first-order chi connectivity index (χ1) is 16.4. The fourth-order valence-electron chi connectivity index (χ4n) is 5.42. The third-order valence-corrected chi connectivity index (χ3v) is 7.31. The molecule has 2 aliphatic rings. The standard InChI is InChI=1S/C28H32ClNO4/c1-4-20(29)13-10-14-27-18-34-24-16-21(32-5-2)15-23(33-6-3)26(24)28(27,31)25(30)17-22(27)19-11-8-7-9-12-19/h4,7-13,15-16,22,30-31H,5-6,14,17-18H2,1-3H3/b13-10-,20-4+,30-25?/t22-,27?,28+/m0/s1. The second-order valence-electron chi connectivity index (χ2n) is 8.74. The van der Waals surface area contributed by atoms with Crippen molar-refractivity contribution in [3.8, 4) is 17.2 Å². The van der Waals surface area contributed by atoms with Crippen LogP contribution < -0.4 is 14.2 Å². The molecule has 1 saturated carbocycles. The summed E-state index contributed by atoms with van der Waals surface area (Å²) in [6.45, 7) is 6.85. The van der Waals surface area contributed by atoms with Gasteiger partial charge in [0, 0.05) is 28.8 Å². The van der Waals surface area contributed by atoms with Gasteiger partial charge in [-0.2, -0.15) is 0 Å². The van der Waals surface area contributed by atoms with Gasteiger partial charge in [0.25, 0.3) is 0 Å². The summed E-state index contributed by atoms with van der Waals surface area (Å²) in [6, 6.07) is 13.7. The van der Waals surface area contributed by atoms with Crippen LogP contribution in [0.5, 0.6) is 17.2 Å². The lowest BCUT2D eigenvalue weighted by molar-refractivity contribution is -0.0765. The van der Waals surface area contributed by atoms with E-state index in [0.717, 1.165) is 5.56 Å². The summed E-state index contributed by atoms with van der Waals surface area (Å²) in [7, 11) is 0. The van der Waals surface area contributed by atoms with Crippen LogP contribution >= 0.6 is 11.6 Å². The number of rotatable bonds is 8. The first-order valence-corrected chi connectivity index (χ1v) is 12.2. The van der Waals surface area contributed by atoms with Crippen LogP contribution in [-0.4, -0.2) is 30.6 Å². The highest BCUT2D eigenvalue weighted by molar-refractivity contribution is 6.31. The summed E-state index contributed by atoms with van der Waals surface area (Å²) in [6.07, 6.45) is 6.55. The van der Waals surface area contributed by atoms with Crippen molar-refractivity contribution >= 4 is 17.3 Å². The van der Waals surface area contributed by atoms with Gasteiger partial charge in [-0.15, -0.1) is 0 Å². The minimum atomic E-state index is -1.57. The molecular formula is C28H32ClNO4. The van der Waals surface area contributed by atoms with E-state index < -0.39 is 11.0 Å². The molecular weight excluding hydrogens is 450 g/mol. The van der Waals surface area contributed by atoms with E-state index >= 15 is 0 Å². The molecule has 1 heterocycles. The van der Waals surface area contributed by atoms with Gasteiger partial charge in [0.1, 0.15) is 22.8 Å². The number of benzene rings is 2. The zero-order valence-corrected chi connectivity index (χ0v) is 20.7. The summed E-state index contributed by atoms with van der Waals surface area (Å²) in [5.74, 6) is 1.49. The molecule has 180 valence electrons. The van der Waals surface area contributed by atoms with Gasteiger partial charge in [-0.05, 0) is 45.3 Å². The Morgan fingerprint density at radius 1 is 1.21 bits per heavy atom. The molecule has 2 aromatic carbocycles. The zero-order chi connectivity index (χ0) is 24.3. The van der Waals surface area contributed by atoms with E-state index in [1.54, 1.807) is 12.1 Å². The highest BCUT2D eigenvalue weighted by Crippen LogP contribution is 2.65. The Morgan fingerprint density at radius 2 is 1.94 bits per heavy atom. The van der Waals surface area contributed by atoms with Crippen molar-refractivity contribution in [3.05, 3.63) is 76.9 Å². The zero-order valence-electron chi connectivity index (χ0n) is 19.9. The predicted molar refractivity (Wildman–Crippen MR) is 135 cm³/mol. The SMILES string of the molecule is C/C=C(Cl)\C=C/CC12COc3cc(OCC)cc(OCC)c3[C@]1(O)C(=N)C[C@H]2c1ccccc1. The Labute approximate surface area is 206 Å². The van der Waals surface area contributed by atoms with Gasteiger partial charge in [-0.1, -0.05) is 54.1 Å². The largest absolute Gasteiger partial charge is 0.494 e.